The Morgan fingerprint density at radius 1 is 0.267 bits per heavy atom. The van der Waals surface area contributed by atoms with Gasteiger partial charge in [-0.1, -0.05) is 164 Å². The predicted octanol–water partition coefficient (Wildman–Crippen LogP) is 16.7. The first-order valence-corrected chi connectivity index (χ1v) is 20.6. The molecule has 0 radical (unpaired) electrons. The van der Waals surface area contributed by atoms with Crippen LogP contribution in [0.15, 0.2) is 229 Å². The summed E-state index contributed by atoms with van der Waals surface area (Å²) < 4.78 is 6.48. The monoisotopic (exact) mass is 763 g/mol. The van der Waals surface area contributed by atoms with Crippen LogP contribution in [0.25, 0.3) is 98.4 Å². The molecule has 280 valence electrons. The average Bonchev–Trinajstić information content (AvgIpc) is 3.67. The van der Waals surface area contributed by atoms with Gasteiger partial charge in [0, 0.05) is 27.7 Å². The van der Waals surface area contributed by atoms with Gasteiger partial charge in [-0.15, -0.1) is 0 Å². The number of benzene rings is 11. The van der Waals surface area contributed by atoms with Gasteiger partial charge in [0.15, 0.2) is 0 Å². The van der Waals surface area contributed by atoms with E-state index in [1.807, 2.05) is 0 Å². The van der Waals surface area contributed by atoms with Gasteiger partial charge in [0.05, 0.1) is 5.69 Å². The van der Waals surface area contributed by atoms with Crippen molar-refractivity contribution in [2.45, 2.75) is 0 Å². The third-order valence-corrected chi connectivity index (χ3v) is 12.2. The van der Waals surface area contributed by atoms with Crippen LogP contribution in [0.1, 0.15) is 0 Å². The Labute approximate surface area is 347 Å². The highest BCUT2D eigenvalue weighted by atomic mass is 16.3. The van der Waals surface area contributed by atoms with Gasteiger partial charge >= 0.3 is 0 Å². The van der Waals surface area contributed by atoms with Gasteiger partial charge < -0.3 is 9.32 Å². The lowest BCUT2D eigenvalue weighted by Gasteiger charge is -2.28. The molecular formula is C58H37NO. The Hall–Kier alpha value is -7.94. The molecule has 0 amide bonds. The van der Waals surface area contributed by atoms with E-state index >= 15 is 0 Å². The number of fused-ring (bicyclic) bond motifs is 8. The number of hydrogen-bond donors (Lipinski definition) is 0. The van der Waals surface area contributed by atoms with Crippen molar-refractivity contribution in [2.24, 2.45) is 0 Å². The molecule has 0 aliphatic heterocycles. The highest BCUT2D eigenvalue weighted by Crippen LogP contribution is 2.45. The topological polar surface area (TPSA) is 16.4 Å². The second kappa shape index (κ2) is 13.9. The van der Waals surface area contributed by atoms with Crippen LogP contribution >= 0.6 is 0 Å². The van der Waals surface area contributed by atoms with Crippen LogP contribution in [0, 0.1) is 0 Å². The number of para-hydroxylation sites is 1. The van der Waals surface area contributed by atoms with E-state index in [0.717, 1.165) is 50.1 Å². The summed E-state index contributed by atoms with van der Waals surface area (Å²) in [6, 6.07) is 81.4. The summed E-state index contributed by atoms with van der Waals surface area (Å²) in [6.45, 7) is 0. The minimum atomic E-state index is 0.876. The largest absolute Gasteiger partial charge is 0.456 e. The molecular weight excluding hydrogens is 727 g/mol. The summed E-state index contributed by atoms with van der Waals surface area (Å²) in [7, 11) is 0. The van der Waals surface area contributed by atoms with Crippen LogP contribution in [-0.4, -0.2) is 0 Å². The fraction of sp³-hybridized carbons (Fsp3) is 0. The van der Waals surface area contributed by atoms with Crippen molar-refractivity contribution in [1.29, 1.82) is 0 Å². The maximum Gasteiger partial charge on any atom is 0.136 e. The Morgan fingerprint density at radius 3 is 1.67 bits per heavy atom. The Bertz CT molecular complexity index is 3600. The second-order valence-electron chi connectivity index (χ2n) is 15.7. The summed E-state index contributed by atoms with van der Waals surface area (Å²) in [6.07, 6.45) is 0. The molecule has 2 heteroatoms. The van der Waals surface area contributed by atoms with E-state index < -0.39 is 0 Å². The van der Waals surface area contributed by atoms with Crippen LogP contribution in [0.2, 0.25) is 0 Å². The molecule has 0 aliphatic rings. The highest BCUT2D eigenvalue weighted by Gasteiger charge is 2.20. The molecule has 0 spiro atoms. The zero-order valence-corrected chi connectivity index (χ0v) is 32.7. The fourth-order valence-corrected chi connectivity index (χ4v) is 9.23. The quantitative estimate of drug-likeness (QED) is 0.157. The van der Waals surface area contributed by atoms with Gasteiger partial charge in [-0.05, 0) is 132 Å². The number of anilines is 3. The lowest BCUT2D eigenvalue weighted by molar-refractivity contribution is 0.669. The van der Waals surface area contributed by atoms with E-state index in [1.165, 1.54) is 65.3 Å². The Morgan fingerprint density at radius 2 is 0.833 bits per heavy atom. The summed E-state index contributed by atoms with van der Waals surface area (Å²) in [5, 5.41) is 12.0. The van der Waals surface area contributed by atoms with Crippen LogP contribution < -0.4 is 4.90 Å². The van der Waals surface area contributed by atoms with E-state index in [1.54, 1.807) is 0 Å². The molecule has 2 nitrogen and oxygen atoms in total. The maximum atomic E-state index is 6.48. The Kier molecular flexibility index (Phi) is 7.89. The highest BCUT2D eigenvalue weighted by molar-refractivity contribution is 6.14. The third-order valence-electron chi connectivity index (χ3n) is 12.2. The summed E-state index contributed by atoms with van der Waals surface area (Å²) in [5.41, 5.74) is 12.2. The summed E-state index contributed by atoms with van der Waals surface area (Å²) in [4.78, 5) is 2.41. The van der Waals surface area contributed by atoms with Gasteiger partial charge in [-0.3, -0.25) is 0 Å². The van der Waals surface area contributed by atoms with Gasteiger partial charge in [-0.25, -0.2) is 0 Å². The zero-order chi connectivity index (χ0) is 39.6. The van der Waals surface area contributed by atoms with Crippen molar-refractivity contribution in [2.75, 3.05) is 4.90 Å². The lowest BCUT2D eigenvalue weighted by atomic mass is 9.92. The molecule has 12 aromatic rings. The van der Waals surface area contributed by atoms with E-state index in [0.29, 0.717) is 0 Å². The molecule has 0 fully saturated rings. The molecule has 0 atom stereocenters. The Balaban J connectivity index is 1.02. The minimum absolute atomic E-state index is 0.876. The normalized spacial score (nSPS) is 11.7. The molecule has 0 saturated heterocycles. The summed E-state index contributed by atoms with van der Waals surface area (Å²) >= 11 is 0. The maximum absolute atomic E-state index is 6.48. The van der Waals surface area contributed by atoms with Crippen LogP contribution in [0.4, 0.5) is 17.1 Å². The van der Waals surface area contributed by atoms with Crippen molar-refractivity contribution < 1.29 is 4.42 Å². The molecule has 60 heavy (non-hydrogen) atoms. The van der Waals surface area contributed by atoms with Crippen molar-refractivity contribution in [3.8, 4) is 33.4 Å². The number of furan rings is 1. The van der Waals surface area contributed by atoms with Gasteiger partial charge in [-0.2, -0.15) is 0 Å². The molecule has 0 aliphatic carbocycles. The van der Waals surface area contributed by atoms with Gasteiger partial charge in [0.25, 0.3) is 0 Å². The zero-order valence-electron chi connectivity index (χ0n) is 32.7. The van der Waals surface area contributed by atoms with E-state index in [4.69, 9.17) is 4.42 Å². The van der Waals surface area contributed by atoms with E-state index in [9.17, 15) is 0 Å². The SMILES string of the molecule is c1ccc(-c2ccc3cc(N(c4ccc5oc6cc7ccccc7cc6c5c4)c4ccccc4-c4ccc(-c5cc6ccccc6c6ccccc56)cc4)ccc3c2)cc1. The van der Waals surface area contributed by atoms with Gasteiger partial charge in [0.1, 0.15) is 11.2 Å². The number of hydrogen-bond acceptors (Lipinski definition) is 2. The standard InChI is InChI=1S/C58H37NO/c1-2-12-38(13-3-1)43-26-27-45-33-47(29-28-44(45)32-43)59(48-30-31-57-55(37-48)54-34-41-14-4-5-15-42(41)36-58(54)60-57)56-21-11-10-18-50(56)39-22-24-40(25-23-39)53-35-46-16-6-7-17-49(46)51-19-8-9-20-52(51)53/h1-37H. The molecule has 0 saturated carbocycles. The fourth-order valence-electron chi connectivity index (χ4n) is 9.23. The van der Waals surface area contributed by atoms with Crippen molar-refractivity contribution in [3.05, 3.63) is 224 Å². The average molecular weight is 764 g/mol. The van der Waals surface area contributed by atoms with Gasteiger partial charge in [0.2, 0.25) is 0 Å². The van der Waals surface area contributed by atoms with E-state index in [-0.39, 0.29) is 0 Å². The molecule has 0 N–H and O–H groups in total. The van der Waals surface area contributed by atoms with Crippen molar-refractivity contribution in [1.82, 2.24) is 0 Å². The van der Waals surface area contributed by atoms with Crippen LogP contribution in [0.3, 0.4) is 0 Å². The number of nitrogens with zero attached hydrogens (tertiary/aromatic N) is 1. The molecule has 0 unspecified atom stereocenters. The molecule has 12 rings (SSSR count). The summed E-state index contributed by atoms with van der Waals surface area (Å²) in [5.74, 6) is 0. The second-order valence-corrected chi connectivity index (χ2v) is 15.7. The molecule has 11 aromatic carbocycles. The first-order valence-electron chi connectivity index (χ1n) is 20.6. The molecule has 1 aromatic heterocycles. The molecule has 1 heterocycles. The van der Waals surface area contributed by atoms with Crippen molar-refractivity contribution in [3.63, 3.8) is 0 Å². The lowest BCUT2D eigenvalue weighted by Crippen LogP contribution is -2.11. The van der Waals surface area contributed by atoms with Crippen LogP contribution in [-0.2, 0) is 0 Å². The smallest absolute Gasteiger partial charge is 0.136 e. The van der Waals surface area contributed by atoms with E-state index in [2.05, 4.69) is 229 Å². The first-order chi connectivity index (χ1) is 29.7. The first kappa shape index (κ1) is 34.1. The van der Waals surface area contributed by atoms with Crippen molar-refractivity contribution >= 4 is 82.1 Å². The minimum Gasteiger partial charge on any atom is -0.456 e. The predicted molar refractivity (Wildman–Crippen MR) is 255 cm³/mol. The third kappa shape index (κ3) is 5.73. The molecule has 0 bridgehead atoms. The van der Waals surface area contributed by atoms with Crippen LogP contribution in [0.5, 0.6) is 0 Å². The number of rotatable bonds is 6.